The lowest BCUT2D eigenvalue weighted by atomic mass is 10.1. The van der Waals surface area contributed by atoms with Crippen LogP contribution in [0.25, 0.3) is 0 Å². The molecular weight excluding hydrogens is 276 g/mol. The van der Waals surface area contributed by atoms with Gasteiger partial charge >= 0.3 is 0 Å². The number of nitrogens with one attached hydrogen (secondary N) is 1. The first-order chi connectivity index (χ1) is 9.53. The minimum atomic E-state index is -3.08. The van der Waals surface area contributed by atoms with Gasteiger partial charge in [-0.15, -0.1) is 0 Å². The summed E-state index contributed by atoms with van der Waals surface area (Å²) in [6.45, 7) is 1.47. The number of likely N-dealkylation sites (N-methyl/N-ethyl adjacent to an activating group) is 1. The molecule has 1 N–H and O–H groups in total. The zero-order chi connectivity index (χ0) is 14.6. The molecule has 0 spiro atoms. The van der Waals surface area contributed by atoms with Gasteiger partial charge in [0, 0.05) is 25.6 Å². The number of rotatable bonds is 5. The minimum Gasteiger partial charge on any atom is -0.341 e. The Morgan fingerprint density at radius 3 is 2.55 bits per heavy atom. The lowest BCUT2D eigenvalue weighted by Gasteiger charge is -2.32. The normalized spacial score (nSPS) is 25.1. The van der Waals surface area contributed by atoms with Crippen molar-refractivity contribution in [1.29, 1.82) is 0 Å². The highest BCUT2D eigenvalue weighted by Gasteiger charge is 2.30. The van der Waals surface area contributed by atoms with Crippen LogP contribution in [0.4, 0.5) is 0 Å². The second-order valence-corrected chi connectivity index (χ2v) is 8.39. The molecule has 1 amide bonds. The molecule has 0 aromatic heterocycles. The van der Waals surface area contributed by atoms with E-state index in [4.69, 9.17) is 0 Å². The van der Waals surface area contributed by atoms with Crippen LogP contribution in [0.3, 0.4) is 0 Å². The van der Waals surface area contributed by atoms with Crippen LogP contribution in [0.5, 0.6) is 0 Å². The molecule has 1 unspecified atom stereocenters. The molecule has 1 heterocycles. The molecule has 0 aromatic carbocycles. The number of carbonyl (C=O) groups excluding carboxylic acids is 1. The summed E-state index contributed by atoms with van der Waals surface area (Å²) in [4.78, 5) is 14.0. The maximum absolute atomic E-state index is 12.2. The zero-order valence-electron chi connectivity index (χ0n) is 12.3. The van der Waals surface area contributed by atoms with Crippen LogP contribution in [0.15, 0.2) is 0 Å². The standard InChI is InChI=1S/C14H26N2O3S/c1-15-12-5-4-9-16(11-12)14(17)8-10-20(18,19)13-6-2-3-7-13/h12-13,15H,2-11H2,1H3. The molecular formula is C14H26N2O3S. The Morgan fingerprint density at radius 2 is 1.90 bits per heavy atom. The fourth-order valence-corrected chi connectivity index (χ4v) is 5.09. The molecule has 1 aliphatic heterocycles. The molecule has 5 nitrogen and oxygen atoms in total. The number of hydrogen-bond donors (Lipinski definition) is 1. The van der Waals surface area contributed by atoms with Crippen LogP contribution in [0, 0.1) is 0 Å². The Balaban J connectivity index is 1.82. The van der Waals surface area contributed by atoms with Crippen molar-refractivity contribution in [2.75, 3.05) is 25.9 Å². The summed E-state index contributed by atoms with van der Waals surface area (Å²) in [5.41, 5.74) is 0. The average molecular weight is 302 g/mol. The Bertz CT molecular complexity index is 430. The number of nitrogens with zero attached hydrogens (tertiary/aromatic N) is 1. The summed E-state index contributed by atoms with van der Waals surface area (Å²) in [5.74, 6) is 0.0172. The van der Waals surface area contributed by atoms with Gasteiger partial charge in [0.15, 0.2) is 9.84 Å². The van der Waals surface area contributed by atoms with E-state index in [0.29, 0.717) is 12.6 Å². The van der Waals surface area contributed by atoms with E-state index in [2.05, 4.69) is 5.32 Å². The Labute approximate surface area is 122 Å². The summed E-state index contributed by atoms with van der Waals surface area (Å²) in [6, 6.07) is 0.346. The molecule has 0 aromatic rings. The number of amides is 1. The molecule has 1 aliphatic carbocycles. The first-order valence-corrected chi connectivity index (χ1v) is 9.41. The number of likely N-dealkylation sites (tertiary alicyclic amines) is 1. The Morgan fingerprint density at radius 1 is 1.20 bits per heavy atom. The van der Waals surface area contributed by atoms with Gasteiger partial charge in [-0.05, 0) is 32.7 Å². The highest BCUT2D eigenvalue weighted by Crippen LogP contribution is 2.25. The monoisotopic (exact) mass is 302 g/mol. The number of carbonyl (C=O) groups is 1. The van der Waals surface area contributed by atoms with E-state index < -0.39 is 9.84 Å². The molecule has 2 aliphatic rings. The number of piperidine rings is 1. The molecule has 0 bridgehead atoms. The quantitative estimate of drug-likeness (QED) is 0.821. The fourth-order valence-electron chi connectivity index (χ4n) is 3.24. The molecule has 1 saturated heterocycles. The third-order valence-electron chi connectivity index (χ3n) is 4.59. The van der Waals surface area contributed by atoms with Gasteiger partial charge in [-0.3, -0.25) is 4.79 Å². The van der Waals surface area contributed by atoms with E-state index in [1.54, 1.807) is 0 Å². The van der Waals surface area contributed by atoms with Crippen molar-refractivity contribution in [1.82, 2.24) is 10.2 Å². The van der Waals surface area contributed by atoms with Crippen molar-refractivity contribution in [3.05, 3.63) is 0 Å². The topological polar surface area (TPSA) is 66.5 Å². The van der Waals surface area contributed by atoms with Gasteiger partial charge in [0.25, 0.3) is 0 Å². The van der Waals surface area contributed by atoms with Crippen LogP contribution >= 0.6 is 0 Å². The highest BCUT2D eigenvalue weighted by atomic mass is 32.2. The lowest BCUT2D eigenvalue weighted by molar-refractivity contribution is -0.132. The highest BCUT2D eigenvalue weighted by molar-refractivity contribution is 7.92. The second-order valence-electron chi connectivity index (χ2n) is 5.99. The van der Waals surface area contributed by atoms with Crippen LogP contribution in [-0.4, -0.2) is 56.4 Å². The van der Waals surface area contributed by atoms with Gasteiger partial charge in [-0.2, -0.15) is 0 Å². The van der Waals surface area contributed by atoms with E-state index in [-0.39, 0.29) is 23.3 Å². The predicted molar refractivity (Wildman–Crippen MR) is 79.3 cm³/mol. The Kier molecular flexibility index (Phi) is 5.43. The molecule has 2 rings (SSSR count). The SMILES string of the molecule is CNC1CCCN(C(=O)CCS(=O)(=O)C2CCCC2)C1. The van der Waals surface area contributed by atoms with Crippen LogP contribution in [0.2, 0.25) is 0 Å². The molecule has 1 saturated carbocycles. The van der Waals surface area contributed by atoms with Crippen LogP contribution < -0.4 is 5.32 Å². The molecule has 2 fully saturated rings. The van der Waals surface area contributed by atoms with Gasteiger partial charge in [-0.1, -0.05) is 12.8 Å². The van der Waals surface area contributed by atoms with Crippen molar-refractivity contribution in [2.45, 2.75) is 56.2 Å². The van der Waals surface area contributed by atoms with Gasteiger partial charge in [0.1, 0.15) is 0 Å². The van der Waals surface area contributed by atoms with Gasteiger partial charge < -0.3 is 10.2 Å². The average Bonchev–Trinajstić information content (AvgIpc) is 3.00. The van der Waals surface area contributed by atoms with Crippen molar-refractivity contribution in [3.8, 4) is 0 Å². The van der Waals surface area contributed by atoms with Crippen molar-refractivity contribution >= 4 is 15.7 Å². The smallest absolute Gasteiger partial charge is 0.223 e. The largest absolute Gasteiger partial charge is 0.341 e. The first kappa shape index (κ1) is 15.8. The number of sulfone groups is 1. The summed E-state index contributed by atoms with van der Waals surface area (Å²) in [7, 11) is -1.17. The molecule has 116 valence electrons. The van der Waals surface area contributed by atoms with E-state index in [0.717, 1.165) is 45.1 Å². The maximum atomic E-state index is 12.2. The van der Waals surface area contributed by atoms with Gasteiger partial charge in [0.05, 0.1) is 11.0 Å². The fraction of sp³-hybridized carbons (Fsp3) is 0.929. The summed E-state index contributed by atoms with van der Waals surface area (Å²) in [5, 5.41) is 3.00. The zero-order valence-corrected chi connectivity index (χ0v) is 13.1. The summed E-state index contributed by atoms with van der Waals surface area (Å²) in [6.07, 6.45) is 5.80. The maximum Gasteiger partial charge on any atom is 0.223 e. The predicted octanol–water partition coefficient (Wildman–Crippen LogP) is 0.944. The van der Waals surface area contributed by atoms with Crippen LogP contribution in [0.1, 0.15) is 44.9 Å². The van der Waals surface area contributed by atoms with E-state index in [1.807, 2.05) is 11.9 Å². The summed E-state index contributed by atoms with van der Waals surface area (Å²) < 4.78 is 24.3. The first-order valence-electron chi connectivity index (χ1n) is 7.69. The van der Waals surface area contributed by atoms with Crippen molar-refractivity contribution < 1.29 is 13.2 Å². The third kappa shape index (κ3) is 3.95. The van der Waals surface area contributed by atoms with Crippen LogP contribution in [-0.2, 0) is 14.6 Å². The van der Waals surface area contributed by atoms with E-state index in [1.165, 1.54) is 0 Å². The molecule has 0 radical (unpaired) electrons. The van der Waals surface area contributed by atoms with E-state index in [9.17, 15) is 13.2 Å². The van der Waals surface area contributed by atoms with Crippen molar-refractivity contribution in [3.63, 3.8) is 0 Å². The molecule has 6 heteroatoms. The number of hydrogen-bond acceptors (Lipinski definition) is 4. The molecule has 1 atom stereocenters. The van der Waals surface area contributed by atoms with Crippen molar-refractivity contribution in [2.24, 2.45) is 0 Å². The van der Waals surface area contributed by atoms with Gasteiger partial charge in [-0.25, -0.2) is 8.42 Å². The second kappa shape index (κ2) is 6.89. The minimum absolute atomic E-state index is 0.00785. The van der Waals surface area contributed by atoms with E-state index >= 15 is 0 Å². The summed E-state index contributed by atoms with van der Waals surface area (Å²) >= 11 is 0. The van der Waals surface area contributed by atoms with Gasteiger partial charge in [0.2, 0.25) is 5.91 Å². The lowest BCUT2D eigenvalue weighted by Crippen LogP contribution is -2.47. The third-order valence-corrected chi connectivity index (χ3v) is 6.85. The Hall–Kier alpha value is -0.620. The molecule has 20 heavy (non-hydrogen) atoms.